The molecule has 0 bridgehead atoms. The van der Waals surface area contributed by atoms with Crippen LogP contribution in [0.15, 0.2) is 30.6 Å². The van der Waals surface area contributed by atoms with Crippen LogP contribution in [0.5, 0.6) is 17.4 Å². The van der Waals surface area contributed by atoms with E-state index in [4.69, 9.17) is 15.2 Å². The van der Waals surface area contributed by atoms with Gasteiger partial charge < -0.3 is 15.2 Å². The Labute approximate surface area is 120 Å². The second-order valence-electron chi connectivity index (χ2n) is 4.07. The quantitative estimate of drug-likeness (QED) is 0.642. The Kier molecular flexibility index (Phi) is 4.50. The van der Waals surface area contributed by atoms with Gasteiger partial charge in [0, 0.05) is 0 Å². The van der Waals surface area contributed by atoms with Gasteiger partial charge in [-0.3, -0.25) is 10.1 Å². The molecule has 0 saturated heterocycles. The zero-order valence-electron chi connectivity index (χ0n) is 11.4. The molecule has 0 unspecified atom stereocenters. The SMILES string of the molecule is CCCOc1ccccc1Oc1ncnc(N)c1[N+](=O)[O-]. The molecular weight excluding hydrogens is 276 g/mol. The van der Waals surface area contributed by atoms with Gasteiger partial charge in [0.25, 0.3) is 0 Å². The molecule has 0 aliphatic carbocycles. The van der Waals surface area contributed by atoms with E-state index in [0.29, 0.717) is 18.1 Å². The maximum atomic E-state index is 11.0. The minimum Gasteiger partial charge on any atom is -0.490 e. The molecule has 1 aromatic heterocycles. The third-order valence-electron chi connectivity index (χ3n) is 2.52. The molecule has 0 atom stereocenters. The summed E-state index contributed by atoms with van der Waals surface area (Å²) in [4.78, 5) is 17.7. The van der Waals surface area contributed by atoms with Crippen molar-refractivity contribution in [3.05, 3.63) is 40.7 Å². The standard InChI is InChI=1S/C13H14N4O4/c1-2-7-20-9-5-3-4-6-10(9)21-13-11(17(18)19)12(14)15-8-16-13/h3-6,8H,2,7H2,1H3,(H2,14,15,16). The number of rotatable bonds is 6. The number of nitrogens with two attached hydrogens (primary N) is 1. The summed E-state index contributed by atoms with van der Waals surface area (Å²) in [6, 6.07) is 6.85. The molecule has 1 heterocycles. The van der Waals surface area contributed by atoms with Crippen LogP contribution in [-0.4, -0.2) is 21.5 Å². The first-order valence-electron chi connectivity index (χ1n) is 6.28. The number of aromatic nitrogens is 2. The first-order chi connectivity index (χ1) is 10.1. The topological polar surface area (TPSA) is 113 Å². The average molecular weight is 290 g/mol. The first-order valence-corrected chi connectivity index (χ1v) is 6.28. The van der Waals surface area contributed by atoms with Gasteiger partial charge in [-0.15, -0.1) is 0 Å². The van der Waals surface area contributed by atoms with Crippen LogP contribution in [0.4, 0.5) is 11.5 Å². The number of ether oxygens (including phenoxy) is 2. The van der Waals surface area contributed by atoms with Crippen LogP contribution in [0.2, 0.25) is 0 Å². The molecule has 8 heteroatoms. The molecule has 0 spiro atoms. The molecular formula is C13H14N4O4. The van der Waals surface area contributed by atoms with E-state index in [-0.39, 0.29) is 11.7 Å². The molecule has 0 fully saturated rings. The highest BCUT2D eigenvalue weighted by Gasteiger charge is 2.23. The number of nitrogens with zero attached hydrogens (tertiary/aromatic N) is 3. The van der Waals surface area contributed by atoms with E-state index in [1.54, 1.807) is 24.3 Å². The summed E-state index contributed by atoms with van der Waals surface area (Å²) in [5, 5.41) is 11.0. The minimum absolute atomic E-state index is 0.222. The number of para-hydroxylation sites is 2. The fourth-order valence-corrected chi connectivity index (χ4v) is 1.59. The van der Waals surface area contributed by atoms with Crippen LogP contribution in [0, 0.1) is 10.1 Å². The van der Waals surface area contributed by atoms with Crippen molar-refractivity contribution in [3.8, 4) is 17.4 Å². The summed E-state index contributed by atoms with van der Waals surface area (Å²) < 4.78 is 11.0. The lowest BCUT2D eigenvalue weighted by atomic mass is 10.3. The van der Waals surface area contributed by atoms with Gasteiger partial charge in [0.1, 0.15) is 6.33 Å². The van der Waals surface area contributed by atoms with E-state index in [0.717, 1.165) is 12.7 Å². The number of nitro groups is 1. The van der Waals surface area contributed by atoms with Crippen molar-refractivity contribution in [3.63, 3.8) is 0 Å². The molecule has 1 aromatic carbocycles. The van der Waals surface area contributed by atoms with Crippen molar-refractivity contribution in [1.82, 2.24) is 9.97 Å². The highest BCUT2D eigenvalue weighted by molar-refractivity contribution is 5.59. The summed E-state index contributed by atoms with van der Waals surface area (Å²) in [5.74, 6) is 0.329. The van der Waals surface area contributed by atoms with E-state index in [1.165, 1.54) is 0 Å². The molecule has 2 N–H and O–H groups in total. The predicted octanol–water partition coefficient (Wildman–Crippen LogP) is 2.55. The minimum atomic E-state index is -0.680. The van der Waals surface area contributed by atoms with Gasteiger partial charge in [-0.2, -0.15) is 4.98 Å². The van der Waals surface area contributed by atoms with Crippen molar-refractivity contribution in [2.24, 2.45) is 0 Å². The van der Waals surface area contributed by atoms with Crippen LogP contribution in [-0.2, 0) is 0 Å². The Morgan fingerprint density at radius 1 is 1.29 bits per heavy atom. The Bertz CT molecular complexity index is 648. The molecule has 0 aliphatic heterocycles. The summed E-state index contributed by atoms with van der Waals surface area (Å²) in [5.41, 5.74) is 5.02. The fraction of sp³-hybridized carbons (Fsp3) is 0.231. The first kappa shape index (κ1) is 14.5. The van der Waals surface area contributed by atoms with Crippen molar-refractivity contribution in [1.29, 1.82) is 0 Å². The monoisotopic (exact) mass is 290 g/mol. The van der Waals surface area contributed by atoms with Crippen molar-refractivity contribution >= 4 is 11.5 Å². The van der Waals surface area contributed by atoms with Gasteiger partial charge >= 0.3 is 11.6 Å². The third-order valence-corrected chi connectivity index (χ3v) is 2.52. The van der Waals surface area contributed by atoms with Gasteiger partial charge in [0.2, 0.25) is 5.82 Å². The summed E-state index contributed by atoms with van der Waals surface area (Å²) in [7, 11) is 0. The maximum absolute atomic E-state index is 11.0. The second-order valence-corrected chi connectivity index (χ2v) is 4.07. The Balaban J connectivity index is 2.35. The van der Waals surface area contributed by atoms with Crippen LogP contribution >= 0.6 is 0 Å². The van der Waals surface area contributed by atoms with E-state index in [2.05, 4.69) is 9.97 Å². The smallest absolute Gasteiger partial charge is 0.372 e. The highest BCUT2D eigenvalue weighted by Crippen LogP contribution is 2.36. The number of nitrogen functional groups attached to an aromatic ring is 1. The highest BCUT2D eigenvalue weighted by atomic mass is 16.6. The largest absolute Gasteiger partial charge is 0.490 e. The number of hydrogen-bond donors (Lipinski definition) is 1. The lowest BCUT2D eigenvalue weighted by Gasteiger charge is -2.11. The van der Waals surface area contributed by atoms with Crippen molar-refractivity contribution in [2.75, 3.05) is 12.3 Å². The van der Waals surface area contributed by atoms with E-state index in [9.17, 15) is 10.1 Å². The Morgan fingerprint density at radius 2 is 2.00 bits per heavy atom. The number of benzene rings is 1. The van der Waals surface area contributed by atoms with Crippen LogP contribution in [0.3, 0.4) is 0 Å². The molecule has 0 aliphatic rings. The average Bonchev–Trinajstić information content (AvgIpc) is 2.46. The van der Waals surface area contributed by atoms with Gasteiger partial charge in [-0.05, 0) is 18.6 Å². The third kappa shape index (κ3) is 3.35. The zero-order valence-corrected chi connectivity index (χ0v) is 11.4. The molecule has 2 rings (SSSR count). The maximum Gasteiger partial charge on any atom is 0.372 e. The summed E-state index contributed by atoms with van der Waals surface area (Å²) in [6.45, 7) is 2.48. The van der Waals surface area contributed by atoms with Gasteiger partial charge in [0.05, 0.1) is 11.5 Å². The lowest BCUT2D eigenvalue weighted by molar-refractivity contribution is -0.385. The van der Waals surface area contributed by atoms with E-state index in [1.807, 2.05) is 6.92 Å². The fourth-order valence-electron chi connectivity index (χ4n) is 1.59. The van der Waals surface area contributed by atoms with E-state index >= 15 is 0 Å². The number of hydrogen-bond acceptors (Lipinski definition) is 7. The van der Waals surface area contributed by atoms with E-state index < -0.39 is 10.6 Å². The number of anilines is 1. The zero-order chi connectivity index (χ0) is 15.2. The van der Waals surface area contributed by atoms with Gasteiger partial charge in [-0.25, -0.2) is 4.98 Å². The Morgan fingerprint density at radius 3 is 2.67 bits per heavy atom. The normalized spacial score (nSPS) is 10.1. The van der Waals surface area contributed by atoms with Crippen molar-refractivity contribution < 1.29 is 14.4 Å². The molecule has 0 saturated carbocycles. The summed E-state index contributed by atoms with van der Waals surface area (Å²) in [6.07, 6.45) is 1.93. The molecule has 21 heavy (non-hydrogen) atoms. The molecule has 110 valence electrons. The van der Waals surface area contributed by atoms with Gasteiger partial charge in [-0.1, -0.05) is 19.1 Å². The molecule has 0 radical (unpaired) electrons. The predicted molar refractivity (Wildman–Crippen MR) is 75.4 cm³/mol. The van der Waals surface area contributed by atoms with Crippen LogP contribution in [0.25, 0.3) is 0 Å². The van der Waals surface area contributed by atoms with Crippen molar-refractivity contribution in [2.45, 2.75) is 13.3 Å². The molecule has 8 nitrogen and oxygen atoms in total. The lowest BCUT2D eigenvalue weighted by Crippen LogP contribution is -2.03. The van der Waals surface area contributed by atoms with Gasteiger partial charge in [0.15, 0.2) is 11.5 Å². The second kappa shape index (κ2) is 6.51. The summed E-state index contributed by atoms with van der Waals surface area (Å²) >= 11 is 0. The van der Waals surface area contributed by atoms with Crippen LogP contribution in [0.1, 0.15) is 13.3 Å². The molecule has 0 amide bonds. The Hall–Kier alpha value is -2.90. The van der Waals surface area contributed by atoms with Crippen LogP contribution < -0.4 is 15.2 Å². The molecule has 2 aromatic rings.